The van der Waals surface area contributed by atoms with E-state index >= 15 is 0 Å². The van der Waals surface area contributed by atoms with E-state index in [-0.39, 0.29) is 4.90 Å². The minimum absolute atomic E-state index is 0.165. The summed E-state index contributed by atoms with van der Waals surface area (Å²) in [4.78, 5) is 4.42. The van der Waals surface area contributed by atoms with Crippen molar-refractivity contribution in [2.75, 3.05) is 4.72 Å². The topological polar surface area (TPSA) is 59.1 Å². The van der Waals surface area contributed by atoms with Gasteiger partial charge in [-0.05, 0) is 23.8 Å². The third kappa shape index (κ3) is 3.05. The average Bonchev–Trinajstić information content (AvgIpc) is 2.68. The van der Waals surface area contributed by atoms with Crippen LogP contribution in [0.1, 0.15) is 0 Å². The highest BCUT2D eigenvalue weighted by Gasteiger charge is 2.19. The van der Waals surface area contributed by atoms with Gasteiger partial charge in [0.2, 0.25) is 0 Å². The zero-order chi connectivity index (χ0) is 18.0. The highest BCUT2D eigenvalue weighted by Crippen LogP contribution is 2.30. The van der Waals surface area contributed by atoms with E-state index < -0.39 is 10.0 Å². The van der Waals surface area contributed by atoms with E-state index in [0.717, 1.165) is 16.5 Å². The number of sulfonamides is 1. The number of benzene rings is 3. The predicted molar refractivity (Wildman–Crippen MR) is 104 cm³/mol. The normalized spacial score (nSPS) is 11.4. The molecule has 0 saturated carbocycles. The van der Waals surface area contributed by atoms with Gasteiger partial charge in [0.1, 0.15) is 4.90 Å². The lowest BCUT2D eigenvalue weighted by Gasteiger charge is -2.14. The fourth-order valence-corrected chi connectivity index (χ4v) is 4.19. The molecule has 0 amide bonds. The monoisotopic (exact) mass is 360 g/mol. The third-order valence-electron chi connectivity index (χ3n) is 4.14. The Labute approximate surface area is 152 Å². The summed E-state index contributed by atoms with van der Waals surface area (Å²) in [6.07, 6.45) is 1.60. The van der Waals surface area contributed by atoms with E-state index in [1.54, 1.807) is 30.5 Å². The first kappa shape index (κ1) is 16.3. The van der Waals surface area contributed by atoms with Crippen molar-refractivity contribution in [3.8, 4) is 11.1 Å². The van der Waals surface area contributed by atoms with Crippen LogP contribution in [0.15, 0.2) is 96.0 Å². The second-order valence-electron chi connectivity index (χ2n) is 5.85. The first-order valence-electron chi connectivity index (χ1n) is 8.16. The molecule has 0 atom stereocenters. The number of hydrogen-bond acceptors (Lipinski definition) is 3. The molecule has 3 aromatic carbocycles. The molecule has 0 spiro atoms. The van der Waals surface area contributed by atoms with Gasteiger partial charge in [-0.2, -0.15) is 0 Å². The zero-order valence-electron chi connectivity index (χ0n) is 13.8. The molecule has 1 heterocycles. The van der Waals surface area contributed by atoms with Crippen LogP contribution in [0.4, 0.5) is 5.69 Å². The molecule has 0 fully saturated rings. The second-order valence-corrected chi connectivity index (χ2v) is 7.50. The molecule has 0 aliphatic heterocycles. The van der Waals surface area contributed by atoms with Gasteiger partial charge >= 0.3 is 0 Å². The van der Waals surface area contributed by atoms with Crippen LogP contribution in [-0.2, 0) is 10.0 Å². The molecule has 4 aromatic rings. The van der Waals surface area contributed by atoms with Crippen molar-refractivity contribution in [2.45, 2.75) is 4.90 Å². The summed E-state index contributed by atoms with van der Waals surface area (Å²) < 4.78 is 28.8. The summed E-state index contributed by atoms with van der Waals surface area (Å²) in [5, 5.41) is 0.784. The Morgan fingerprint density at radius 2 is 1.46 bits per heavy atom. The number of nitrogens with one attached hydrogen (secondary N) is 1. The maximum absolute atomic E-state index is 13.0. The van der Waals surface area contributed by atoms with E-state index in [0.29, 0.717) is 11.2 Å². The minimum Gasteiger partial charge on any atom is -0.279 e. The molecule has 4 nitrogen and oxygen atoms in total. The highest BCUT2D eigenvalue weighted by atomic mass is 32.2. The van der Waals surface area contributed by atoms with Crippen LogP contribution in [-0.4, -0.2) is 13.4 Å². The number of fused-ring (bicyclic) bond motifs is 1. The van der Waals surface area contributed by atoms with Gasteiger partial charge < -0.3 is 0 Å². The van der Waals surface area contributed by atoms with Crippen molar-refractivity contribution in [1.82, 2.24) is 4.98 Å². The number of pyridine rings is 1. The summed E-state index contributed by atoms with van der Waals surface area (Å²) in [5.41, 5.74) is 2.76. The van der Waals surface area contributed by atoms with E-state index in [4.69, 9.17) is 0 Å². The van der Waals surface area contributed by atoms with Crippen LogP contribution >= 0.6 is 0 Å². The minimum atomic E-state index is -3.78. The van der Waals surface area contributed by atoms with Crippen molar-refractivity contribution in [3.05, 3.63) is 91.1 Å². The van der Waals surface area contributed by atoms with Crippen molar-refractivity contribution in [2.24, 2.45) is 0 Å². The summed E-state index contributed by atoms with van der Waals surface area (Å²) in [5.74, 6) is 0. The van der Waals surface area contributed by atoms with E-state index in [1.807, 2.05) is 60.7 Å². The van der Waals surface area contributed by atoms with Crippen molar-refractivity contribution >= 4 is 26.6 Å². The first-order valence-corrected chi connectivity index (χ1v) is 9.64. The van der Waals surface area contributed by atoms with Crippen LogP contribution in [0.5, 0.6) is 0 Å². The zero-order valence-corrected chi connectivity index (χ0v) is 14.6. The smallest absolute Gasteiger partial charge is 0.264 e. The number of nitrogens with zero attached hydrogens (tertiary/aromatic N) is 1. The summed E-state index contributed by atoms with van der Waals surface area (Å²) in [6, 6.07) is 25.8. The van der Waals surface area contributed by atoms with Gasteiger partial charge in [-0.15, -0.1) is 0 Å². The molecule has 128 valence electrons. The molecular weight excluding hydrogens is 344 g/mol. The fourth-order valence-electron chi connectivity index (χ4n) is 2.93. The molecule has 0 unspecified atom stereocenters. The summed E-state index contributed by atoms with van der Waals surface area (Å²) in [6.45, 7) is 0. The Bertz CT molecular complexity index is 1170. The summed E-state index contributed by atoms with van der Waals surface area (Å²) >= 11 is 0. The largest absolute Gasteiger partial charge is 0.279 e. The molecule has 0 aliphatic rings. The Kier molecular flexibility index (Phi) is 4.14. The Balaban J connectivity index is 1.80. The van der Waals surface area contributed by atoms with Crippen molar-refractivity contribution in [1.29, 1.82) is 0 Å². The molecule has 26 heavy (non-hydrogen) atoms. The van der Waals surface area contributed by atoms with Gasteiger partial charge in [0, 0.05) is 17.1 Å². The summed E-state index contributed by atoms with van der Waals surface area (Å²) in [7, 11) is -3.78. The standard InChI is InChI=1S/C21H16N2O2S/c24-26(25,20-14-6-10-17-11-7-15-22-21(17)20)23-19-13-5-4-12-18(19)16-8-2-1-3-9-16/h1-15,23H. The Hall–Kier alpha value is -3.18. The van der Waals surface area contributed by atoms with Gasteiger partial charge in [-0.3, -0.25) is 9.71 Å². The third-order valence-corrected chi connectivity index (χ3v) is 5.54. The lowest BCUT2D eigenvalue weighted by Crippen LogP contribution is -2.14. The predicted octanol–water partition coefficient (Wildman–Crippen LogP) is 4.70. The lowest BCUT2D eigenvalue weighted by atomic mass is 10.0. The number of aromatic nitrogens is 1. The van der Waals surface area contributed by atoms with Crippen LogP contribution in [0, 0.1) is 0 Å². The molecule has 0 aliphatic carbocycles. The number of rotatable bonds is 4. The molecule has 0 saturated heterocycles. The Morgan fingerprint density at radius 1 is 0.731 bits per heavy atom. The number of hydrogen-bond donors (Lipinski definition) is 1. The van der Waals surface area contributed by atoms with Gasteiger partial charge in [0.25, 0.3) is 10.0 Å². The molecule has 5 heteroatoms. The lowest BCUT2D eigenvalue weighted by molar-refractivity contribution is 0.602. The molecular formula is C21H16N2O2S. The molecule has 4 rings (SSSR count). The van der Waals surface area contributed by atoms with E-state index in [9.17, 15) is 8.42 Å². The first-order chi connectivity index (χ1) is 12.6. The van der Waals surface area contributed by atoms with Gasteiger partial charge in [-0.1, -0.05) is 66.7 Å². The van der Waals surface area contributed by atoms with Gasteiger partial charge in [0.15, 0.2) is 0 Å². The second kappa shape index (κ2) is 6.61. The highest BCUT2D eigenvalue weighted by molar-refractivity contribution is 7.93. The van der Waals surface area contributed by atoms with E-state index in [1.165, 1.54) is 0 Å². The van der Waals surface area contributed by atoms with E-state index in [2.05, 4.69) is 9.71 Å². The number of para-hydroxylation sites is 2. The fraction of sp³-hybridized carbons (Fsp3) is 0. The number of anilines is 1. The van der Waals surface area contributed by atoms with Crippen molar-refractivity contribution in [3.63, 3.8) is 0 Å². The van der Waals surface area contributed by atoms with Crippen molar-refractivity contribution < 1.29 is 8.42 Å². The van der Waals surface area contributed by atoms with Gasteiger partial charge in [0.05, 0.1) is 11.2 Å². The van der Waals surface area contributed by atoms with Crippen LogP contribution in [0.2, 0.25) is 0 Å². The van der Waals surface area contributed by atoms with Crippen LogP contribution in [0.3, 0.4) is 0 Å². The van der Waals surface area contributed by atoms with Crippen LogP contribution < -0.4 is 4.72 Å². The van der Waals surface area contributed by atoms with Gasteiger partial charge in [-0.25, -0.2) is 8.42 Å². The average molecular weight is 360 g/mol. The SMILES string of the molecule is O=S(=O)(Nc1ccccc1-c1ccccc1)c1cccc2cccnc12. The van der Waals surface area contributed by atoms with Crippen LogP contribution in [0.25, 0.3) is 22.0 Å². The maximum Gasteiger partial charge on any atom is 0.264 e. The molecule has 0 bridgehead atoms. The molecule has 0 radical (unpaired) electrons. The maximum atomic E-state index is 13.0. The Morgan fingerprint density at radius 3 is 2.31 bits per heavy atom. The molecule has 1 aromatic heterocycles. The quantitative estimate of drug-likeness (QED) is 0.574. The molecule has 1 N–H and O–H groups in total.